The number of nitrogens with zero attached hydrogens (tertiary/aromatic N) is 1. The van der Waals surface area contributed by atoms with Crippen LogP contribution in [0.25, 0.3) is 0 Å². The van der Waals surface area contributed by atoms with Crippen molar-refractivity contribution in [1.29, 1.82) is 0 Å². The number of hydrogen-bond acceptors (Lipinski definition) is 4. The van der Waals surface area contributed by atoms with Crippen molar-refractivity contribution >= 4 is 0 Å². The van der Waals surface area contributed by atoms with E-state index in [2.05, 4.69) is 41.6 Å². The standard InChI is InChI=1S/C15H19N3O/c1-11-4-3-5-12(6-11)7-15(18-16)13-8-14(19-2)10-17-9-13/h3-6,8-10,15,18H,7,16H2,1-2H3. The maximum absolute atomic E-state index is 5.66. The summed E-state index contributed by atoms with van der Waals surface area (Å²) < 4.78 is 5.19. The van der Waals surface area contributed by atoms with Crippen molar-refractivity contribution in [2.24, 2.45) is 5.84 Å². The molecule has 100 valence electrons. The molecule has 0 saturated heterocycles. The Labute approximate surface area is 113 Å². The summed E-state index contributed by atoms with van der Waals surface area (Å²) in [4.78, 5) is 4.16. The molecule has 0 aliphatic heterocycles. The van der Waals surface area contributed by atoms with E-state index in [0.29, 0.717) is 0 Å². The summed E-state index contributed by atoms with van der Waals surface area (Å²) in [5.41, 5.74) is 6.35. The van der Waals surface area contributed by atoms with Crippen LogP contribution in [-0.2, 0) is 6.42 Å². The zero-order chi connectivity index (χ0) is 13.7. The van der Waals surface area contributed by atoms with Crippen LogP contribution < -0.4 is 16.0 Å². The van der Waals surface area contributed by atoms with Crippen LogP contribution in [0.2, 0.25) is 0 Å². The molecule has 0 aliphatic carbocycles. The molecule has 1 heterocycles. The molecule has 2 aromatic rings. The second kappa shape index (κ2) is 6.31. The van der Waals surface area contributed by atoms with Crippen molar-refractivity contribution in [2.75, 3.05) is 7.11 Å². The predicted molar refractivity (Wildman–Crippen MR) is 75.7 cm³/mol. The Morgan fingerprint density at radius 1 is 1.32 bits per heavy atom. The van der Waals surface area contributed by atoms with Crippen LogP contribution in [-0.4, -0.2) is 12.1 Å². The summed E-state index contributed by atoms with van der Waals surface area (Å²) in [6, 6.07) is 10.4. The third-order valence-electron chi connectivity index (χ3n) is 3.10. The van der Waals surface area contributed by atoms with E-state index in [1.54, 1.807) is 13.3 Å². The van der Waals surface area contributed by atoms with Gasteiger partial charge in [-0.15, -0.1) is 0 Å². The van der Waals surface area contributed by atoms with Gasteiger partial charge in [-0.3, -0.25) is 16.3 Å². The van der Waals surface area contributed by atoms with E-state index in [0.717, 1.165) is 17.7 Å². The van der Waals surface area contributed by atoms with Gasteiger partial charge in [0.05, 0.1) is 19.3 Å². The largest absolute Gasteiger partial charge is 0.495 e. The molecule has 1 atom stereocenters. The normalized spacial score (nSPS) is 12.2. The van der Waals surface area contributed by atoms with E-state index in [1.807, 2.05) is 12.3 Å². The number of nitrogens with two attached hydrogens (primary N) is 1. The molecule has 0 saturated carbocycles. The number of nitrogens with one attached hydrogen (secondary N) is 1. The first-order chi connectivity index (χ1) is 9.22. The van der Waals surface area contributed by atoms with Gasteiger partial charge in [0, 0.05) is 6.20 Å². The molecule has 4 nitrogen and oxygen atoms in total. The highest BCUT2D eigenvalue weighted by atomic mass is 16.5. The molecule has 0 radical (unpaired) electrons. The third kappa shape index (κ3) is 3.53. The Morgan fingerprint density at radius 2 is 2.16 bits per heavy atom. The molecule has 0 amide bonds. The van der Waals surface area contributed by atoms with Gasteiger partial charge >= 0.3 is 0 Å². The van der Waals surface area contributed by atoms with Crippen LogP contribution in [0.15, 0.2) is 42.7 Å². The lowest BCUT2D eigenvalue weighted by Gasteiger charge is -2.17. The van der Waals surface area contributed by atoms with Crippen molar-refractivity contribution < 1.29 is 4.74 Å². The van der Waals surface area contributed by atoms with Gasteiger partial charge in [0.1, 0.15) is 5.75 Å². The molecular formula is C15H19N3O. The average Bonchev–Trinajstić information content (AvgIpc) is 2.45. The molecular weight excluding hydrogens is 238 g/mol. The van der Waals surface area contributed by atoms with Gasteiger partial charge in [-0.05, 0) is 30.5 Å². The number of ether oxygens (including phenoxy) is 1. The lowest BCUT2D eigenvalue weighted by Crippen LogP contribution is -2.29. The van der Waals surface area contributed by atoms with Gasteiger partial charge in [-0.1, -0.05) is 29.8 Å². The predicted octanol–water partition coefficient (Wildman–Crippen LogP) is 2.15. The van der Waals surface area contributed by atoms with Crippen LogP contribution in [0, 0.1) is 6.92 Å². The molecule has 0 spiro atoms. The number of benzene rings is 1. The SMILES string of the molecule is COc1cncc(C(Cc2cccc(C)c2)NN)c1. The molecule has 19 heavy (non-hydrogen) atoms. The highest BCUT2D eigenvalue weighted by Crippen LogP contribution is 2.21. The Kier molecular flexibility index (Phi) is 4.49. The zero-order valence-electron chi connectivity index (χ0n) is 11.3. The van der Waals surface area contributed by atoms with E-state index in [9.17, 15) is 0 Å². The highest BCUT2D eigenvalue weighted by Gasteiger charge is 2.12. The van der Waals surface area contributed by atoms with Gasteiger partial charge in [0.25, 0.3) is 0 Å². The van der Waals surface area contributed by atoms with E-state index in [-0.39, 0.29) is 6.04 Å². The fourth-order valence-electron chi connectivity index (χ4n) is 2.09. The molecule has 0 fully saturated rings. The quantitative estimate of drug-likeness (QED) is 0.636. The molecule has 4 heteroatoms. The van der Waals surface area contributed by atoms with Crippen LogP contribution in [0.1, 0.15) is 22.7 Å². The Hall–Kier alpha value is -1.91. The topological polar surface area (TPSA) is 60.2 Å². The smallest absolute Gasteiger partial charge is 0.137 e. The molecule has 1 unspecified atom stereocenters. The third-order valence-corrected chi connectivity index (χ3v) is 3.10. The molecule has 2 rings (SSSR count). The summed E-state index contributed by atoms with van der Waals surface area (Å²) in [5.74, 6) is 6.40. The number of pyridine rings is 1. The van der Waals surface area contributed by atoms with Crippen LogP contribution in [0.3, 0.4) is 0 Å². The minimum atomic E-state index is 0.0180. The van der Waals surface area contributed by atoms with E-state index >= 15 is 0 Å². The Morgan fingerprint density at radius 3 is 2.84 bits per heavy atom. The van der Waals surface area contributed by atoms with Crippen molar-refractivity contribution in [3.63, 3.8) is 0 Å². The van der Waals surface area contributed by atoms with E-state index in [4.69, 9.17) is 10.6 Å². The molecule has 0 bridgehead atoms. The lowest BCUT2D eigenvalue weighted by atomic mass is 9.99. The average molecular weight is 257 g/mol. The second-order valence-corrected chi connectivity index (χ2v) is 4.57. The van der Waals surface area contributed by atoms with Gasteiger partial charge < -0.3 is 4.74 Å². The first-order valence-electron chi connectivity index (χ1n) is 6.23. The minimum Gasteiger partial charge on any atom is -0.495 e. The maximum Gasteiger partial charge on any atom is 0.137 e. The van der Waals surface area contributed by atoms with E-state index < -0.39 is 0 Å². The molecule has 3 N–H and O–H groups in total. The Balaban J connectivity index is 2.19. The van der Waals surface area contributed by atoms with Gasteiger partial charge in [0.2, 0.25) is 0 Å². The fraction of sp³-hybridized carbons (Fsp3) is 0.267. The number of hydrogen-bond donors (Lipinski definition) is 2. The van der Waals surface area contributed by atoms with Gasteiger partial charge in [0.15, 0.2) is 0 Å². The van der Waals surface area contributed by atoms with Crippen LogP contribution in [0.4, 0.5) is 0 Å². The minimum absolute atomic E-state index is 0.0180. The number of methoxy groups -OCH3 is 1. The molecule has 0 aliphatic rings. The number of hydrazine groups is 1. The second-order valence-electron chi connectivity index (χ2n) is 4.57. The number of aromatic nitrogens is 1. The van der Waals surface area contributed by atoms with Crippen molar-refractivity contribution in [3.8, 4) is 5.75 Å². The van der Waals surface area contributed by atoms with Crippen molar-refractivity contribution in [3.05, 3.63) is 59.4 Å². The van der Waals surface area contributed by atoms with Gasteiger partial charge in [-0.25, -0.2) is 0 Å². The molecule has 1 aromatic heterocycles. The summed E-state index contributed by atoms with van der Waals surface area (Å²) >= 11 is 0. The number of aryl methyl sites for hydroxylation is 1. The van der Waals surface area contributed by atoms with Crippen LogP contribution >= 0.6 is 0 Å². The van der Waals surface area contributed by atoms with Crippen molar-refractivity contribution in [1.82, 2.24) is 10.4 Å². The number of rotatable bonds is 5. The van der Waals surface area contributed by atoms with E-state index in [1.165, 1.54) is 11.1 Å². The summed E-state index contributed by atoms with van der Waals surface area (Å²) in [5, 5.41) is 0. The summed E-state index contributed by atoms with van der Waals surface area (Å²) in [6.45, 7) is 2.08. The van der Waals surface area contributed by atoms with Gasteiger partial charge in [-0.2, -0.15) is 0 Å². The molecule has 1 aromatic carbocycles. The first-order valence-corrected chi connectivity index (χ1v) is 6.23. The van der Waals surface area contributed by atoms with Crippen molar-refractivity contribution in [2.45, 2.75) is 19.4 Å². The lowest BCUT2D eigenvalue weighted by molar-refractivity contribution is 0.410. The maximum atomic E-state index is 5.66. The fourth-order valence-corrected chi connectivity index (χ4v) is 2.09. The Bertz CT molecular complexity index is 542. The summed E-state index contributed by atoms with van der Waals surface area (Å²) in [7, 11) is 1.63. The first kappa shape index (κ1) is 13.5. The highest BCUT2D eigenvalue weighted by molar-refractivity contribution is 5.29. The monoisotopic (exact) mass is 257 g/mol. The summed E-state index contributed by atoms with van der Waals surface area (Å²) in [6.07, 6.45) is 4.31. The zero-order valence-corrected chi connectivity index (χ0v) is 11.3. The van der Waals surface area contributed by atoms with Crippen LogP contribution in [0.5, 0.6) is 5.75 Å².